The number of nitrogens with zero attached hydrogens (tertiary/aromatic N) is 1. The Morgan fingerprint density at radius 1 is 1.10 bits per heavy atom. The number of amides is 1. The van der Waals surface area contributed by atoms with Crippen LogP contribution in [0, 0.1) is 0 Å². The molecule has 0 bridgehead atoms. The monoisotopic (exact) mass is 267 g/mol. The fourth-order valence-electron chi connectivity index (χ4n) is 2.50. The van der Waals surface area contributed by atoms with E-state index in [0.717, 1.165) is 6.41 Å². The Bertz CT molecular complexity index is 650. The van der Waals surface area contributed by atoms with E-state index in [1.807, 2.05) is 0 Å². The van der Waals surface area contributed by atoms with Crippen molar-refractivity contribution in [2.24, 2.45) is 0 Å². The molecule has 0 N–H and O–H groups in total. The highest BCUT2D eigenvalue weighted by atomic mass is 16.1. The highest BCUT2D eigenvalue weighted by Crippen LogP contribution is 2.37. The fourth-order valence-corrected chi connectivity index (χ4v) is 2.50. The van der Waals surface area contributed by atoms with Gasteiger partial charge in [-0.15, -0.1) is 0 Å². The van der Waals surface area contributed by atoms with Crippen molar-refractivity contribution in [1.29, 1.82) is 0 Å². The summed E-state index contributed by atoms with van der Waals surface area (Å²) < 4.78 is 0. The van der Waals surface area contributed by atoms with Gasteiger partial charge in [0.1, 0.15) is 0 Å². The summed E-state index contributed by atoms with van der Waals surface area (Å²) in [7, 11) is 3.38. The smallest absolute Gasteiger partial charge is 0.209 e. The maximum absolute atomic E-state index is 9.43. The number of rotatable bonds is 1. The van der Waals surface area contributed by atoms with Crippen molar-refractivity contribution in [2.75, 3.05) is 14.1 Å². The summed E-state index contributed by atoms with van der Waals surface area (Å²) in [4.78, 5) is 10.9. The minimum atomic E-state index is 0.559. The lowest BCUT2D eigenvalue weighted by molar-refractivity contribution is -0.115. The lowest BCUT2D eigenvalue weighted by Crippen LogP contribution is -2.06. The van der Waals surface area contributed by atoms with Gasteiger partial charge in [-0.05, 0) is 28.8 Å². The fraction of sp³-hybridized carbons (Fsp3) is 0.278. The van der Waals surface area contributed by atoms with Crippen LogP contribution in [0.4, 0.5) is 0 Å². The molecule has 0 aromatic heterocycles. The summed E-state index contributed by atoms with van der Waals surface area (Å²) in [6, 6.07) is 13.2. The Balaban J connectivity index is 0.000000257. The van der Waals surface area contributed by atoms with Gasteiger partial charge in [0.2, 0.25) is 6.41 Å². The lowest BCUT2D eigenvalue weighted by atomic mass is 9.83. The molecule has 0 saturated heterocycles. The first-order chi connectivity index (χ1) is 9.54. The average molecular weight is 267 g/mol. The van der Waals surface area contributed by atoms with E-state index in [4.69, 9.17) is 0 Å². The second-order valence-electron chi connectivity index (χ2n) is 5.47. The van der Waals surface area contributed by atoms with Crippen LogP contribution in [0.3, 0.4) is 0 Å². The quantitative estimate of drug-likeness (QED) is 0.713. The zero-order chi connectivity index (χ0) is 14.7. The third kappa shape index (κ3) is 2.74. The Morgan fingerprint density at radius 3 is 2.30 bits per heavy atom. The van der Waals surface area contributed by atoms with E-state index in [1.165, 1.54) is 32.4 Å². The second-order valence-corrected chi connectivity index (χ2v) is 5.47. The Hall–Kier alpha value is -2.09. The Labute approximate surface area is 120 Å². The van der Waals surface area contributed by atoms with Crippen LogP contribution in [0.5, 0.6) is 0 Å². The molecule has 0 heterocycles. The van der Waals surface area contributed by atoms with E-state index in [0.29, 0.717) is 5.92 Å². The van der Waals surface area contributed by atoms with Gasteiger partial charge >= 0.3 is 0 Å². The summed E-state index contributed by atoms with van der Waals surface area (Å²) in [5, 5.41) is 2.80. The number of allylic oxidation sites excluding steroid dienone is 1. The van der Waals surface area contributed by atoms with Gasteiger partial charge in [-0.1, -0.05) is 55.0 Å². The van der Waals surface area contributed by atoms with Crippen LogP contribution in [-0.2, 0) is 4.79 Å². The third-order valence-corrected chi connectivity index (χ3v) is 3.71. The zero-order valence-corrected chi connectivity index (χ0v) is 12.6. The molecule has 1 aliphatic rings. The van der Waals surface area contributed by atoms with E-state index in [-0.39, 0.29) is 0 Å². The molecular weight excluding hydrogens is 246 g/mol. The lowest BCUT2D eigenvalue weighted by Gasteiger charge is -2.22. The predicted molar refractivity (Wildman–Crippen MR) is 85.8 cm³/mol. The largest absolute Gasteiger partial charge is 0.351 e. The number of hydrogen-bond acceptors (Lipinski definition) is 1. The predicted octanol–water partition coefficient (Wildman–Crippen LogP) is 4.06. The molecule has 1 aliphatic carbocycles. The molecule has 2 aromatic rings. The van der Waals surface area contributed by atoms with Gasteiger partial charge in [0.05, 0.1) is 0 Å². The maximum atomic E-state index is 9.43. The van der Waals surface area contributed by atoms with Crippen molar-refractivity contribution < 1.29 is 4.79 Å². The molecule has 0 aliphatic heterocycles. The molecule has 0 fully saturated rings. The van der Waals surface area contributed by atoms with E-state index >= 15 is 0 Å². The summed E-state index contributed by atoms with van der Waals surface area (Å²) >= 11 is 0. The highest BCUT2D eigenvalue weighted by Gasteiger charge is 2.17. The topological polar surface area (TPSA) is 20.3 Å². The van der Waals surface area contributed by atoms with Crippen molar-refractivity contribution in [1.82, 2.24) is 4.90 Å². The van der Waals surface area contributed by atoms with Crippen LogP contribution in [0.25, 0.3) is 16.8 Å². The van der Waals surface area contributed by atoms with Crippen molar-refractivity contribution in [3.05, 3.63) is 53.1 Å². The van der Waals surface area contributed by atoms with Crippen LogP contribution >= 0.6 is 0 Å². The van der Waals surface area contributed by atoms with Gasteiger partial charge in [0.15, 0.2) is 0 Å². The van der Waals surface area contributed by atoms with Crippen molar-refractivity contribution >= 4 is 23.3 Å². The van der Waals surface area contributed by atoms with Gasteiger partial charge in [0.25, 0.3) is 0 Å². The summed E-state index contributed by atoms with van der Waals surface area (Å²) in [6.45, 7) is 4.51. The summed E-state index contributed by atoms with van der Waals surface area (Å²) in [5.41, 5.74) is 4.31. The van der Waals surface area contributed by atoms with E-state index in [1.54, 1.807) is 14.1 Å². The normalized spacial score (nSPS) is 16.0. The average Bonchev–Trinajstić information content (AvgIpc) is 2.45. The molecule has 20 heavy (non-hydrogen) atoms. The highest BCUT2D eigenvalue weighted by molar-refractivity contribution is 5.96. The van der Waals surface area contributed by atoms with E-state index in [2.05, 4.69) is 56.3 Å². The molecule has 3 rings (SSSR count). The minimum Gasteiger partial charge on any atom is -0.351 e. The molecule has 2 nitrogen and oxygen atoms in total. The minimum absolute atomic E-state index is 0.559. The van der Waals surface area contributed by atoms with Crippen molar-refractivity contribution in [3.63, 3.8) is 0 Å². The molecule has 0 spiro atoms. The molecule has 2 heteroatoms. The SMILES string of the molecule is CC1=Cc2cccc3cccc(c23)C1C.CN(C)C=O. The van der Waals surface area contributed by atoms with Gasteiger partial charge in [-0.3, -0.25) is 4.79 Å². The Kier molecular flexibility index (Phi) is 4.23. The van der Waals surface area contributed by atoms with Crippen LogP contribution in [0.2, 0.25) is 0 Å². The first kappa shape index (κ1) is 14.3. The molecular formula is C18H21NO. The first-order valence-electron chi connectivity index (χ1n) is 6.86. The number of hydrogen-bond donors (Lipinski definition) is 0. The summed E-state index contributed by atoms with van der Waals surface area (Å²) in [6.07, 6.45) is 3.07. The third-order valence-electron chi connectivity index (χ3n) is 3.71. The molecule has 1 unspecified atom stereocenters. The molecule has 2 aromatic carbocycles. The molecule has 1 atom stereocenters. The van der Waals surface area contributed by atoms with Crippen molar-refractivity contribution in [2.45, 2.75) is 19.8 Å². The maximum Gasteiger partial charge on any atom is 0.209 e. The zero-order valence-electron chi connectivity index (χ0n) is 12.6. The van der Waals surface area contributed by atoms with Gasteiger partial charge < -0.3 is 4.90 Å². The van der Waals surface area contributed by atoms with Crippen LogP contribution in [0.15, 0.2) is 42.0 Å². The van der Waals surface area contributed by atoms with Crippen molar-refractivity contribution in [3.8, 4) is 0 Å². The number of benzene rings is 2. The second kappa shape index (κ2) is 5.91. The van der Waals surface area contributed by atoms with Crippen LogP contribution in [0.1, 0.15) is 30.9 Å². The van der Waals surface area contributed by atoms with Gasteiger partial charge in [-0.2, -0.15) is 0 Å². The molecule has 0 radical (unpaired) electrons. The number of carbonyl (C=O) groups is 1. The van der Waals surface area contributed by atoms with Gasteiger partial charge in [-0.25, -0.2) is 0 Å². The molecule has 104 valence electrons. The Morgan fingerprint density at radius 2 is 1.70 bits per heavy atom. The molecule has 1 amide bonds. The first-order valence-corrected chi connectivity index (χ1v) is 6.86. The van der Waals surface area contributed by atoms with Crippen LogP contribution in [-0.4, -0.2) is 25.4 Å². The van der Waals surface area contributed by atoms with Crippen LogP contribution < -0.4 is 0 Å². The van der Waals surface area contributed by atoms with Gasteiger partial charge in [0, 0.05) is 20.0 Å². The van der Waals surface area contributed by atoms with E-state index in [9.17, 15) is 4.79 Å². The number of carbonyl (C=O) groups excluding carboxylic acids is 1. The summed E-state index contributed by atoms with van der Waals surface area (Å²) in [5.74, 6) is 0.559. The standard InChI is InChI=1S/C15H14.C3H7NO/c1-10-9-13-7-3-5-12-6-4-8-14(11(10)2)15(12)13;1-4(2)3-5/h3-9,11H,1-2H3;3H,1-2H3. The van der Waals surface area contributed by atoms with E-state index < -0.39 is 0 Å². The molecule has 0 saturated carbocycles.